The zero-order chi connectivity index (χ0) is 29.2. The topological polar surface area (TPSA) is 114 Å². The van der Waals surface area contributed by atoms with Gasteiger partial charge >= 0.3 is 5.97 Å². The standard InChI is InChI=1S/C31H31F2N5O4/c1-40-31(39)18-5-8-27-28(12-18)38(16-22-9-10-41-22)29(36-27)13-19-11-25(33)23(14-24(19)32)26-3-2-4-30(37-26)42-17-20(34)15-35-21-6-7-21/h2-5,8,11-12,14-15,21-22,35H,6-7,9-10,13,16-17,34H2,1H3/b20-15-/t22-/m0/s1. The summed E-state index contributed by atoms with van der Waals surface area (Å²) in [5.41, 5.74) is 8.58. The molecule has 6 rings (SSSR count). The van der Waals surface area contributed by atoms with Crippen LogP contribution in [0.3, 0.4) is 0 Å². The molecule has 1 aliphatic heterocycles. The van der Waals surface area contributed by atoms with Crippen LogP contribution in [0.25, 0.3) is 22.3 Å². The maximum Gasteiger partial charge on any atom is 0.337 e. The zero-order valence-corrected chi connectivity index (χ0v) is 23.1. The number of imidazole rings is 1. The van der Waals surface area contributed by atoms with Crippen LogP contribution in [0, 0.1) is 11.6 Å². The highest BCUT2D eigenvalue weighted by molar-refractivity contribution is 5.93. The summed E-state index contributed by atoms with van der Waals surface area (Å²) in [5, 5.41) is 3.19. The van der Waals surface area contributed by atoms with Crippen LogP contribution in [-0.2, 0) is 22.4 Å². The highest BCUT2D eigenvalue weighted by Crippen LogP contribution is 2.29. The molecule has 2 aliphatic rings. The number of hydrogen-bond donors (Lipinski definition) is 2. The van der Waals surface area contributed by atoms with Crippen molar-refractivity contribution in [3.8, 4) is 17.1 Å². The number of hydrogen-bond acceptors (Lipinski definition) is 8. The van der Waals surface area contributed by atoms with E-state index in [1.54, 1.807) is 42.6 Å². The van der Waals surface area contributed by atoms with Gasteiger partial charge in [0.05, 0.1) is 47.7 Å². The number of methoxy groups -OCH3 is 1. The lowest BCUT2D eigenvalue weighted by atomic mass is 10.0. The molecule has 0 spiro atoms. The monoisotopic (exact) mass is 575 g/mol. The Morgan fingerprint density at radius 3 is 2.71 bits per heavy atom. The summed E-state index contributed by atoms with van der Waals surface area (Å²) in [6.45, 7) is 1.26. The molecule has 2 fully saturated rings. The Morgan fingerprint density at radius 1 is 1.14 bits per heavy atom. The van der Waals surface area contributed by atoms with E-state index in [2.05, 4.69) is 15.3 Å². The van der Waals surface area contributed by atoms with Crippen molar-refractivity contribution in [2.24, 2.45) is 5.73 Å². The maximum atomic E-state index is 15.5. The lowest BCUT2D eigenvalue weighted by Gasteiger charge is -2.27. The number of fused-ring (bicyclic) bond motifs is 1. The summed E-state index contributed by atoms with van der Waals surface area (Å²) in [4.78, 5) is 21.2. The Balaban J connectivity index is 1.24. The average Bonchev–Trinajstić information content (AvgIpc) is 3.74. The van der Waals surface area contributed by atoms with E-state index in [1.807, 2.05) is 4.57 Å². The second-order valence-corrected chi connectivity index (χ2v) is 10.5. The maximum absolute atomic E-state index is 15.5. The summed E-state index contributed by atoms with van der Waals surface area (Å²) in [7, 11) is 1.32. The molecule has 2 aromatic carbocycles. The molecule has 2 aromatic heterocycles. The molecule has 0 bridgehead atoms. The van der Waals surface area contributed by atoms with Gasteiger partial charge in [-0.3, -0.25) is 0 Å². The van der Waals surface area contributed by atoms with Crippen molar-refractivity contribution in [1.29, 1.82) is 0 Å². The van der Waals surface area contributed by atoms with Crippen molar-refractivity contribution in [3.63, 3.8) is 0 Å². The number of ether oxygens (including phenoxy) is 3. The van der Waals surface area contributed by atoms with Gasteiger partial charge < -0.3 is 29.8 Å². The van der Waals surface area contributed by atoms with Gasteiger partial charge in [-0.2, -0.15) is 0 Å². The van der Waals surface area contributed by atoms with Crippen molar-refractivity contribution in [1.82, 2.24) is 19.9 Å². The molecule has 218 valence electrons. The Morgan fingerprint density at radius 2 is 1.98 bits per heavy atom. The van der Waals surface area contributed by atoms with Crippen LogP contribution in [0.4, 0.5) is 8.78 Å². The first-order valence-corrected chi connectivity index (χ1v) is 13.9. The largest absolute Gasteiger partial charge is 0.471 e. The number of esters is 1. The molecule has 3 N–H and O–H groups in total. The second kappa shape index (κ2) is 11.8. The number of pyridine rings is 1. The third-order valence-electron chi connectivity index (χ3n) is 7.38. The molecule has 0 amide bonds. The first-order valence-electron chi connectivity index (χ1n) is 13.9. The minimum Gasteiger partial charge on any atom is -0.471 e. The van der Waals surface area contributed by atoms with Gasteiger partial charge in [0.1, 0.15) is 24.1 Å². The quantitative estimate of drug-likeness (QED) is 0.252. The van der Waals surface area contributed by atoms with E-state index in [0.717, 1.165) is 25.3 Å². The molecule has 0 radical (unpaired) electrons. The van der Waals surface area contributed by atoms with E-state index in [-0.39, 0.29) is 41.8 Å². The van der Waals surface area contributed by atoms with Gasteiger partial charge in [-0.1, -0.05) is 6.07 Å². The van der Waals surface area contributed by atoms with Gasteiger partial charge in [0.2, 0.25) is 5.88 Å². The first-order chi connectivity index (χ1) is 20.4. The second-order valence-electron chi connectivity index (χ2n) is 10.5. The number of rotatable bonds is 11. The molecule has 1 saturated heterocycles. The van der Waals surface area contributed by atoms with Gasteiger partial charge in [-0.15, -0.1) is 0 Å². The number of halogens is 2. The number of carbonyl (C=O) groups is 1. The van der Waals surface area contributed by atoms with Gasteiger partial charge in [-0.25, -0.2) is 23.5 Å². The van der Waals surface area contributed by atoms with Crippen molar-refractivity contribution >= 4 is 17.0 Å². The van der Waals surface area contributed by atoms with Crippen molar-refractivity contribution in [2.45, 2.75) is 44.4 Å². The van der Waals surface area contributed by atoms with E-state index in [1.165, 1.54) is 13.2 Å². The fourth-order valence-electron chi connectivity index (χ4n) is 4.80. The van der Waals surface area contributed by atoms with Crippen molar-refractivity contribution < 1.29 is 27.8 Å². The molecule has 4 aromatic rings. The molecular weight excluding hydrogens is 544 g/mol. The van der Waals surface area contributed by atoms with E-state index in [4.69, 9.17) is 19.9 Å². The van der Waals surface area contributed by atoms with Crippen molar-refractivity contribution in [3.05, 3.63) is 89.0 Å². The number of benzene rings is 2. The smallest absolute Gasteiger partial charge is 0.337 e. The van der Waals surface area contributed by atoms with Crippen LogP contribution in [0.1, 0.15) is 41.0 Å². The SMILES string of the molecule is COC(=O)c1ccc2nc(Cc3cc(F)c(-c4cccc(OC/C(N)=C/NC5CC5)n4)cc3F)n(C[C@@H]3CCO3)c2c1. The zero-order valence-electron chi connectivity index (χ0n) is 23.1. The molecule has 1 atom stereocenters. The number of nitrogens with one attached hydrogen (secondary N) is 1. The minimum atomic E-state index is -0.623. The van der Waals surface area contributed by atoms with Crippen LogP contribution < -0.4 is 15.8 Å². The average molecular weight is 576 g/mol. The van der Waals surface area contributed by atoms with E-state index >= 15 is 8.78 Å². The molecular formula is C31H31F2N5O4. The molecule has 42 heavy (non-hydrogen) atoms. The third-order valence-corrected chi connectivity index (χ3v) is 7.38. The van der Waals surface area contributed by atoms with E-state index in [0.29, 0.717) is 47.3 Å². The molecule has 0 unspecified atom stereocenters. The summed E-state index contributed by atoms with van der Waals surface area (Å²) in [5.74, 6) is -0.904. The van der Waals surface area contributed by atoms with Crippen LogP contribution in [0.15, 0.2) is 60.4 Å². The van der Waals surface area contributed by atoms with E-state index in [9.17, 15) is 4.79 Å². The summed E-state index contributed by atoms with van der Waals surface area (Å²) in [6, 6.07) is 12.7. The molecule has 9 nitrogen and oxygen atoms in total. The molecule has 11 heteroatoms. The third kappa shape index (κ3) is 6.06. The predicted molar refractivity (Wildman–Crippen MR) is 152 cm³/mol. The Labute approximate surface area is 241 Å². The fraction of sp³-hybridized carbons (Fsp3) is 0.323. The van der Waals surface area contributed by atoms with Crippen LogP contribution in [0.2, 0.25) is 0 Å². The van der Waals surface area contributed by atoms with E-state index < -0.39 is 17.6 Å². The number of nitrogens with zero attached hydrogens (tertiary/aromatic N) is 3. The Bertz CT molecular complexity index is 1660. The Hall–Kier alpha value is -4.51. The molecule has 1 aliphatic carbocycles. The van der Waals surface area contributed by atoms with Gasteiger partial charge in [-0.05, 0) is 61.2 Å². The van der Waals surface area contributed by atoms with Gasteiger partial charge in [0.25, 0.3) is 0 Å². The fourth-order valence-corrected chi connectivity index (χ4v) is 4.80. The number of nitrogens with two attached hydrogens (primary N) is 1. The highest BCUT2D eigenvalue weighted by atomic mass is 19.1. The lowest BCUT2D eigenvalue weighted by molar-refractivity contribution is -0.0589. The minimum absolute atomic E-state index is 0.0136. The van der Waals surface area contributed by atoms with Gasteiger partial charge in [0.15, 0.2) is 0 Å². The summed E-state index contributed by atoms with van der Waals surface area (Å²) >= 11 is 0. The lowest BCUT2D eigenvalue weighted by Crippen LogP contribution is -2.31. The molecule has 3 heterocycles. The predicted octanol–water partition coefficient (Wildman–Crippen LogP) is 4.47. The van der Waals surface area contributed by atoms with Crippen LogP contribution in [-0.4, -0.2) is 53.0 Å². The number of carbonyl (C=O) groups excluding carboxylic acids is 1. The summed E-state index contributed by atoms with van der Waals surface area (Å²) < 4.78 is 48.9. The van der Waals surface area contributed by atoms with Gasteiger partial charge in [0, 0.05) is 36.9 Å². The van der Waals surface area contributed by atoms with Crippen molar-refractivity contribution in [2.75, 3.05) is 20.3 Å². The highest BCUT2D eigenvalue weighted by Gasteiger charge is 2.24. The van der Waals surface area contributed by atoms with Crippen LogP contribution >= 0.6 is 0 Å². The molecule has 1 saturated carbocycles. The normalized spacial score (nSPS) is 16.7. The first kappa shape index (κ1) is 27.6. The summed E-state index contributed by atoms with van der Waals surface area (Å²) in [6.07, 6.45) is 4.87. The Kier molecular flexibility index (Phi) is 7.75. The van der Waals surface area contributed by atoms with Crippen LogP contribution in [0.5, 0.6) is 5.88 Å². The number of aromatic nitrogens is 3.